The Morgan fingerprint density at radius 3 is 2.22 bits per heavy atom. The lowest BCUT2D eigenvalue weighted by atomic mass is 9.97. The molecule has 4 heteroatoms. The van der Waals surface area contributed by atoms with Crippen LogP contribution >= 0.6 is 0 Å². The quantitative estimate of drug-likeness (QED) is 0.753. The molecule has 0 radical (unpaired) electrons. The molecule has 3 atom stereocenters. The van der Waals surface area contributed by atoms with Crippen molar-refractivity contribution in [2.45, 2.75) is 66.8 Å². The van der Waals surface area contributed by atoms with Gasteiger partial charge in [0.1, 0.15) is 18.0 Å². The summed E-state index contributed by atoms with van der Waals surface area (Å²) in [7, 11) is 0. The first kappa shape index (κ1) is 18.1. The minimum atomic E-state index is -0.905. The van der Waals surface area contributed by atoms with Crippen molar-refractivity contribution in [1.82, 2.24) is 4.90 Å². The molecule has 3 nitrogen and oxygen atoms in total. The molecule has 0 saturated carbocycles. The van der Waals surface area contributed by atoms with E-state index in [1.165, 1.54) is 11.1 Å². The third-order valence-corrected chi connectivity index (χ3v) is 4.30. The molecule has 0 aromatic rings. The summed E-state index contributed by atoms with van der Waals surface area (Å²) in [4.78, 5) is 2.18. The van der Waals surface area contributed by atoms with Crippen LogP contribution in [0.5, 0.6) is 0 Å². The summed E-state index contributed by atoms with van der Waals surface area (Å²) < 4.78 is 25.9. The van der Waals surface area contributed by atoms with Gasteiger partial charge in [-0.15, -0.1) is 0 Å². The van der Waals surface area contributed by atoms with Gasteiger partial charge < -0.3 is 14.4 Å². The van der Waals surface area contributed by atoms with Gasteiger partial charge in [0, 0.05) is 17.8 Å². The summed E-state index contributed by atoms with van der Waals surface area (Å²) >= 11 is 0. The average Bonchev–Trinajstić information content (AvgIpc) is 2.82. The van der Waals surface area contributed by atoms with E-state index in [1.807, 2.05) is 0 Å². The van der Waals surface area contributed by atoms with Crippen LogP contribution in [-0.2, 0) is 9.47 Å². The molecule has 0 bridgehead atoms. The van der Waals surface area contributed by atoms with Gasteiger partial charge in [-0.05, 0) is 54.0 Å². The lowest BCUT2D eigenvalue weighted by molar-refractivity contribution is 0.0724. The van der Waals surface area contributed by atoms with E-state index in [9.17, 15) is 4.39 Å². The fraction of sp³-hybridized carbons (Fsp3) is 0.684. The maximum absolute atomic E-state index is 13.9. The third-order valence-electron chi connectivity index (χ3n) is 4.30. The molecule has 0 N–H and O–H groups in total. The van der Waals surface area contributed by atoms with Crippen molar-refractivity contribution in [2.75, 3.05) is 19.8 Å². The van der Waals surface area contributed by atoms with Gasteiger partial charge in [0.25, 0.3) is 0 Å². The fourth-order valence-corrected chi connectivity index (χ4v) is 3.42. The molecule has 23 heavy (non-hydrogen) atoms. The molecule has 0 amide bonds. The summed E-state index contributed by atoms with van der Waals surface area (Å²) in [5.41, 5.74) is 5.72. The number of halogens is 1. The van der Waals surface area contributed by atoms with Crippen LogP contribution in [0.3, 0.4) is 0 Å². The summed E-state index contributed by atoms with van der Waals surface area (Å²) in [6, 6.07) is 0.0595. The van der Waals surface area contributed by atoms with E-state index < -0.39 is 6.17 Å². The molecule has 0 aliphatic carbocycles. The van der Waals surface area contributed by atoms with Gasteiger partial charge in [0.2, 0.25) is 0 Å². The number of hydrogen-bond acceptors (Lipinski definition) is 3. The van der Waals surface area contributed by atoms with Crippen molar-refractivity contribution < 1.29 is 13.9 Å². The molecule has 2 saturated heterocycles. The first-order chi connectivity index (χ1) is 10.7. The maximum atomic E-state index is 13.9. The standard InChI is InChI=1S/C19H30FNO2/c1-11(2)17-18(12(3)4)21(8-14(7)20)15-9-22-10-16(15)23-19(17)13(5)6/h14-16H,8-10H2,1-7H3. The Hall–Kier alpha value is -1.29. The van der Waals surface area contributed by atoms with E-state index in [-0.39, 0.29) is 12.1 Å². The molecule has 130 valence electrons. The van der Waals surface area contributed by atoms with Gasteiger partial charge in [-0.2, -0.15) is 0 Å². The monoisotopic (exact) mass is 323 g/mol. The molecule has 0 aromatic carbocycles. The Morgan fingerprint density at radius 2 is 1.74 bits per heavy atom. The molecule has 2 heterocycles. The molecule has 0 spiro atoms. The number of ether oxygens (including phenoxy) is 2. The van der Waals surface area contributed by atoms with Crippen LogP contribution in [0.1, 0.15) is 48.5 Å². The summed E-state index contributed by atoms with van der Waals surface area (Å²) in [6.07, 6.45) is -0.956. The van der Waals surface area contributed by atoms with E-state index >= 15 is 0 Å². The topological polar surface area (TPSA) is 21.7 Å². The second-order valence-corrected chi connectivity index (χ2v) is 7.25. The van der Waals surface area contributed by atoms with E-state index in [2.05, 4.69) is 46.4 Å². The Kier molecular flexibility index (Phi) is 5.56. The minimum absolute atomic E-state index is 0.0511. The normalized spacial score (nSPS) is 25.7. The van der Waals surface area contributed by atoms with E-state index in [0.717, 1.165) is 22.6 Å². The van der Waals surface area contributed by atoms with Gasteiger partial charge in [0.05, 0.1) is 19.3 Å². The Bertz CT molecular complexity index is 548. The summed E-state index contributed by atoms with van der Waals surface area (Å²) in [5.74, 6) is 0.927. The van der Waals surface area contributed by atoms with Crippen molar-refractivity contribution in [3.63, 3.8) is 0 Å². The first-order valence-electron chi connectivity index (χ1n) is 8.42. The van der Waals surface area contributed by atoms with Crippen LogP contribution in [0.4, 0.5) is 4.39 Å². The molecule has 2 aliphatic rings. The largest absolute Gasteiger partial charge is 0.485 e. The number of allylic oxidation sites excluding steroid dienone is 3. The second-order valence-electron chi connectivity index (χ2n) is 7.25. The first-order valence-corrected chi connectivity index (χ1v) is 8.42. The molecule has 2 fully saturated rings. The molecule has 2 rings (SSSR count). The third kappa shape index (κ3) is 3.63. The fourth-order valence-electron chi connectivity index (χ4n) is 3.42. The van der Waals surface area contributed by atoms with Crippen LogP contribution in [-0.4, -0.2) is 43.0 Å². The highest BCUT2D eigenvalue weighted by Gasteiger charge is 2.42. The zero-order valence-electron chi connectivity index (χ0n) is 15.5. The highest BCUT2D eigenvalue weighted by atomic mass is 19.1. The number of alkyl halides is 1. The number of nitrogens with zero attached hydrogens (tertiary/aromatic N) is 1. The van der Waals surface area contributed by atoms with Gasteiger partial charge in [-0.25, -0.2) is 4.39 Å². The smallest absolute Gasteiger partial charge is 0.144 e. The molecule has 3 unspecified atom stereocenters. The van der Waals surface area contributed by atoms with Gasteiger partial charge >= 0.3 is 0 Å². The van der Waals surface area contributed by atoms with Crippen molar-refractivity contribution in [2.24, 2.45) is 0 Å². The zero-order valence-corrected chi connectivity index (χ0v) is 15.5. The highest BCUT2D eigenvalue weighted by molar-refractivity contribution is 5.50. The average molecular weight is 323 g/mol. The minimum Gasteiger partial charge on any atom is -0.485 e. The number of hydrogen-bond donors (Lipinski definition) is 0. The van der Waals surface area contributed by atoms with E-state index in [4.69, 9.17) is 9.47 Å². The van der Waals surface area contributed by atoms with Crippen molar-refractivity contribution in [3.05, 3.63) is 33.7 Å². The van der Waals surface area contributed by atoms with Crippen LogP contribution in [0, 0.1) is 0 Å². The van der Waals surface area contributed by atoms with E-state index in [1.54, 1.807) is 6.92 Å². The van der Waals surface area contributed by atoms with Crippen LogP contribution in [0.25, 0.3) is 0 Å². The van der Waals surface area contributed by atoms with Crippen molar-refractivity contribution >= 4 is 0 Å². The van der Waals surface area contributed by atoms with Crippen LogP contribution in [0.2, 0.25) is 0 Å². The Balaban J connectivity index is 2.68. The predicted molar refractivity (Wildman–Crippen MR) is 91.9 cm³/mol. The zero-order chi connectivity index (χ0) is 17.3. The van der Waals surface area contributed by atoms with Crippen molar-refractivity contribution in [1.29, 1.82) is 0 Å². The predicted octanol–water partition coefficient (Wildman–Crippen LogP) is 4.37. The van der Waals surface area contributed by atoms with Crippen LogP contribution in [0.15, 0.2) is 33.7 Å². The molecule has 0 aromatic heterocycles. The highest BCUT2D eigenvalue weighted by Crippen LogP contribution is 2.39. The van der Waals surface area contributed by atoms with Gasteiger partial charge in [-0.3, -0.25) is 0 Å². The molecular weight excluding hydrogens is 293 g/mol. The lowest BCUT2D eigenvalue weighted by Crippen LogP contribution is -2.44. The summed E-state index contributed by atoms with van der Waals surface area (Å²) in [5, 5.41) is 0. The maximum Gasteiger partial charge on any atom is 0.144 e. The number of fused-ring (bicyclic) bond motifs is 1. The SMILES string of the molecule is CC(C)=C1OC2COCC2N(CC(C)F)C(=C(C)C)C1=C(C)C. The summed E-state index contributed by atoms with van der Waals surface area (Å²) in [6.45, 7) is 15.6. The second kappa shape index (κ2) is 7.08. The van der Waals surface area contributed by atoms with Crippen molar-refractivity contribution in [3.8, 4) is 0 Å². The van der Waals surface area contributed by atoms with Gasteiger partial charge in [0.15, 0.2) is 0 Å². The molecule has 2 aliphatic heterocycles. The molecular formula is C19H30FNO2. The van der Waals surface area contributed by atoms with Crippen LogP contribution < -0.4 is 0 Å². The lowest BCUT2D eigenvalue weighted by Gasteiger charge is -2.34. The van der Waals surface area contributed by atoms with Gasteiger partial charge in [-0.1, -0.05) is 11.1 Å². The Labute approximate surface area is 139 Å². The Morgan fingerprint density at radius 1 is 1.09 bits per heavy atom. The number of rotatable bonds is 2. The van der Waals surface area contributed by atoms with E-state index in [0.29, 0.717) is 19.8 Å².